The molecule has 1 aliphatic carbocycles. The Labute approximate surface area is 86.7 Å². The molecule has 0 amide bonds. The molecule has 1 fully saturated rings. The van der Waals surface area contributed by atoms with Crippen LogP contribution in [-0.2, 0) is 0 Å². The van der Waals surface area contributed by atoms with Crippen LogP contribution < -0.4 is 5.73 Å². The molecule has 1 saturated carbocycles. The van der Waals surface area contributed by atoms with Crippen molar-refractivity contribution in [3.63, 3.8) is 0 Å². The van der Waals surface area contributed by atoms with Crippen molar-refractivity contribution in [2.45, 2.75) is 12.3 Å². The average molecular weight is 213 g/mol. The molecule has 2 nitrogen and oxygen atoms in total. The molecule has 82 valence electrons. The Morgan fingerprint density at radius 2 is 2.20 bits per heavy atom. The summed E-state index contributed by atoms with van der Waals surface area (Å²) in [5.74, 6) is -1.21. The predicted octanol–water partition coefficient (Wildman–Crippen LogP) is 1.39. The summed E-state index contributed by atoms with van der Waals surface area (Å²) in [6.07, 6.45) is 0.669. The highest BCUT2D eigenvalue weighted by Gasteiger charge is 2.54. The van der Waals surface area contributed by atoms with Gasteiger partial charge in [0.15, 0.2) is 0 Å². The van der Waals surface area contributed by atoms with Crippen molar-refractivity contribution >= 4 is 0 Å². The quantitative estimate of drug-likeness (QED) is 0.797. The number of hydrogen-bond donors (Lipinski definition) is 2. The van der Waals surface area contributed by atoms with E-state index in [1.54, 1.807) is 0 Å². The van der Waals surface area contributed by atoms with E-state index >= 15 is 0 Å². The second kappa shape index (κ2) is 3.54. The monoisotopic (exact) mass is 213 g/mol. The van der Waals surface area contributed by atoms with Crippen molar-refractivity contribution < 1.29 is 13.9 Å². The van der Waals surface area contributed by atoms with E-state index < -0.39 is 17.0 Å². The van der Waals surface area contributed by atoms with Gasteiger partial charge < -0.3 is 10.8 Å². The summed E-state index contributed by atoms with van der Waals surface area (Å²) in [4.78, 5) is 0. The molecule has 0 bridgehead atoms. The normalized spacial score (nSPS) is 29.2. The van der Waals surface area contributed by atoms with E-state index in [9.17, 15) is 8.78 Å². The third-order valence-corrected chi connectivity index (χ3v) is 3.25. The van der Waals surface area contributed by atoms with Crippen LogP contribution in [0.3, 0.4) is 0 Å². The van der Waals surface area contributed by atoms with Gasteiger partial charge in [0.05, 0.1) is 6.61 Å². The van der Waals surface area contributed by atoms with Gasteiger partial charge in [0.25, 0.3) is 0 Å². The lowest BCUT2D eigenvalue weighted by molar-refractivity contribution is 0.211. The topological polar surface area (TPSA) is 46.2 Å². The third-order valence-electron chi connectivity index (χ3n) is 3.25. The van der Waals surface area contributed by atoms with E-state index in [-0.39, 0.29) is 12.5 Å². The molecule has 0 radical (unpaired) electrons. The number of benzene rings is 1. The Balaban J connectivity index is 2.26. The minimum Gasteiger partial charge on any atom is -0.396 e. The average Bonchev–Trinajstić information content (AvgIpc) is 2.93. The van der Waals surface area contributed by atoms with Crippen LogP contribution in [0.25, 0.3) is 0 Å². The smallest absolute Gasteiger partial charge is 0.129 e. The second-order valence-electron chi connectivity index (χ2n) is 4.15. The van der Waals surface area contributed by atoms with Gasteiger partial charge in [0, 0.05) is 18.0 Å². The first-order chi connectivity index (χ1) is 7.13. The number of halogens is 2. The number of hydrogen-bond acceptors (Lipinski definition) is 2. The van der Waals surface area contributed by atoms with E-state index in [4.69, 9.17) is 10.8 Å². The number of nitrogens with two attached hydrogens (primary N) is 1. The standard InChI is InChI=1S/C11H13F2NO/c12-7-1-2-8(10(13)3-7)9-4-11(9,5-14)6-15/h1-3,9,15H,4-6,14H2/t9-,11-/m1/s1. The maximum Gasteiger partial charge on any atom is 0.129 e. The highest BCUT2D eigenvalue weighted by atomic mass is 19.1. The zero-order chi connectivity index (χ0) is 11.1. The summed E-state index contributed by atoms with van der Waals surface area (Å²) in [6, 6.07) is 3.53. The SMILES string of the molecule is NC[C@@]1(CO)C[C@@H]1c1ccc(F)cc1F. The molecule has 15 heavy (non-hydrogen) atoms. The van der Waals surface area contributed by atoms with Gasteiger partial charge in [-0.3, -0.25) is 0 Å². The number of aliphatic hydroxyl groups is 1. The van der Waals surface area contributed by atoms with Crippen LogP contribution in [0.1, 0.15) is 17.9 Å². The fourth-order valence-electron chi connectivity index (χ4n) is 2.04. The molecular weight excluding hydrogens is 200 g/mol. The van der Waals surface area contributed by atoms with Crippen molar-refractivity contribution in [2.75, 3.05) is 13.2 Å². The zero-order valence-electron chi connectivity index (χ0n) is 8.21. The third kappa shape index (κ3) is 1.64. The Morgan fingerprint density at radius 3 is 2.67 bits per heavy atom. The molecule has 4 heteroatoms. The molecule has 0 heterocycles. The molecule has 0 aromatic heterocycles. The van der Waals surface area contributed by atoms with Gasteiger partial charge in [0.1, 0.15) is 11.6 Å². The second-order valence-corrected chi connectivity index (χ2v) is 4.15. The van der Waals surface area contributed by atoms with Gasteiger partial charge in [-0.15, -0.1) is 0 Å². The first kappa shape index (κ1) is 10.5. The largest absolute Gasteiger partial charge is 0.396 e. The summed E-state index contributed by atoms with van der Waals surface area (Å²) in [5.41, 5.74) is 5.59. The fourth-order valence-corrected chi connectivity index (χ4v) is 2.04. The van der Waals surface area contributed by atoms with Crippen LogP contribution >= 0.6 is 0 Å². The molecule has 1 aromatic carbocycles. The highest BCUT2D eigenvalue weighted by molar-refractivity contribution is 5.32. The first-order valence-corrected chi connectivity index (χ1v) is 4.89. The van der Waals surface area contributed by atoms with Crippen LogP contribution in [0.15, 0.2) is 18.2 Å². The predicted molar refractivity (Wildman–Crippen MR) is 52.3 cm³/mol. The maximum atomic E-state index is 13.4. The van der Waals surface area contributed by atoms with Gasteiger partial charge in [0.2, 0.25) is 0 Å². The number of aliphatic hydroxyl groups excluding tert-OH is 1. The van der Waals surface area contributed by atoms with Crippen LogP contribution in [0.4, 0.5) is 8.78 Å². The first-order valence-electron chi connectivity index (χ1n) is 4.89. The van der Waals surface area contributed by atoms with Crippen molar-refractivity contribution in [1.82, 2.24) is 0 Å². The molecule has 0 saturated heterocycles. The lowest BCUT2D eigenvalue weighted by atomic mass is 10.00. The molecule has 1 aliphatic rings. The Morgan fingerprint density at radius 1 is 1.47 bits per heavy atom. The molecule has 0 spiro atoms. The van der Waals surface area contributed by atoms with Gasteiger partial charge >= 0.3 is 0 Å². The minimum atomic E-state index is -0.584. The Hall–Kier alpha value is -1.00. The number of rotatable bonds is 3. The van der Waals surface area contributed by atoms with Crippen molar-refractivity contribution in [2.24, 2.45) is 11.1 Å². The lowest BCUT2D eigenvalue weighted by Crippen LogP contribution is -2.21. The van der Waals surface area contributed by atoms with Crippen LogP contribution in [0.2, 0.25) is 0 Å². The van der Waals surface area contributed by atoms with Crippen molar-refractivity contribution in [1.29, 1.82) is 0 Å². The van der Waals surface area contributed by atoms with Crippen LogP contribution in [0, 0.1) is 17.0 Å². The van der Waals surface area contributed by atoms with Crippen molar-refractivity contribution in [3.05, 3.63) is 35.4 Å². The minimum absolute atomic E-state index is 0.0506. The van der Waals surface area contributed by atoms with E-state index in [1.165, 1.54) is 12.1 Å². The van der Waals surface area contributed by atoms with Crippen LogP contribution in [0.5, 0.6) is 0 Å². The molecule has 0 unspecified atom stereocenters. The van der Waals surface area contributed by atoms with Gasteiger partial charge in [-0.05, 0) is 24.0 Å². The molecule has 3 N–H and O–H groups in total. The van der Waals surface area contributed by atoms with E-state index in [2.05, 4.69) is 0 Å². The van der Waals surface area contributed by atoms with E-state index in [0.29, 0.717) is 18.5 Å². The summed E-state index contributed by atoms with van der Waals surface area (Å²) in [7, 11) is 0. The lowest BCUT2D eigenvalue weighted by Gasteiger charge is -2.11. The van der Waals surface area contributed by atoms with E-state index in [0.717, 1.165) is 6.07 Å². The zero-order valence-corrected chi connectivity index (χ0v) is 8.21. The molecule has 1 aromatic rings. The molecule has 0 aliphatic heterocycles. The Bertz CT molecular complexity index is 377. The fraction of sp³-hybridized carbons (Fsp3) is 0.455. The van der Waals surface area contributed by atoms with E-state index in [1.807, 2.05) is 0 Å². The molecule has 2 atom stereocenters. The molecular formula is C11H13F2NO. The summed E-state index contributed by atoms with van der Waals surface area (Å²) >= 11 is 0. The summed E-state index contributed by atoms with van der Waals surface area (Å²) in [6.45, 7) is 0.274. The highest BCUT2D eigenvalue weighted by Crippen LogP contribution is 2.58. The van der Waals surface area contributed by atoms with Crippen LogP contribution in [-0.4, -0.2) is 18.3 Å². The maximum absolute atomic E-state index is 13.4. The van der Waals surface area contributed by atoms with Gasteiger partial charge in [-0.25, -0.2) is 8.78 Å². The van der Waals surface area contributed by atoms with Crippen molar-refractivity contribution in [3.8, 4) is 0 Å². The Kier molecular flexibility index (Phi) is 2.48. The summed E-state index contributed by atoms with van der Waals surface area (Å²) in [5, 5.41) is 9.16. The summed E-state index contributed by atoms with van der Waals surface area (Å²) < 4.78 is 26.1. The van der Waals surface area contributed by atoms with Gasteiger partial charge in [-0.1, -0.05) is 6.07 Å². The molecule has 2 rings (SSSR count). The van der Waals surface area contributed by atoms with Gasteiger partial charge in [-0.2, -0.15) is 0 Å².